The van der Waals surface area contributed by atoms with Crippen molar-refractivity contribution in [3.05, 3.63) is 17.4 Å². The molecule has 1 fully saturated rings. The van der Waals surface area contributed by atoms with E-state index in [4.69, 9.17) is 5.11 Å². The van der Waals surface area contributed by atoms with Crippen LogP contribution in [0.5, 0.6) is 0 Å². The van der Waals surface area contributed by atoms with E-state index in [0.29, 0.717) is 0 Å². The summed E-state index contributed by atoms with van der Waals surface area (Å²) >= 11 is 0. The Bertz CT molecular complexity index is 165. The standard InChI is InChI=1S/C11H18O/c12-10-6-9-11-7-4-2-1-3-5-8-11/h6,12H,1-5,7-8,10H2. The number of aliphatic hydroxyl groups excluding tert-OH is 1. The van der Waals surface area contributed by atoms with E-state index in [1.165, 1.54) is 50.5 Å². The van der Waals surface area contributed by atoms with Gasteiger partial charge in [-0.15, -0.1) is 5.73 Å². The second kappa shape index (κ2) is 6.05. The molecule has 1 rings (SSSR count). The zero-order chi connectivity index (χ0) is 8.65. The number of hydrogen-bond donors (Lipinski definition) is 1. The van der Waals surface area contributed by atoms with Crippen LogP contribution in [-0.2, 0) is 0 Å². The molecule has 1 aliphatic carbocycles. The van der Waals surface area contributed by atoms with Crippen LogP contribution in [0.4, 0.5) is 0 Å². The Morgan fingerprint density at radius 2 is 1.67 bits per heavy atom. The van der Waals surface area contributed by atoms with E-state index in [2.05, 4.69) is 5.73 Å². The van der Waals surface area contributed by atoms with E-state index in [9.17, 15) is 0 Å². The van der Waals surface area contributed by atoms with E-state index in [0.717, 1.165) is 0 Å². The van der Waals surface area contributed by atoms with Crippen LogP contribution in [0.15, 0.2) is 17.4 Å². The van der Waals surface area contributed by atoms with E-state index >= 15 is 0 Å². The summed E-state index contributed by atoms with van der Waals surface area (Å²) in [5, 5.41) is 8.59. The van der Waals surface area contributed by atoms with E-state index in [1.54, 1.807) is 6.08 Å². The molecule has 1 nitrogen and oxygen atoms in total. The van der Waals surface area contributed by atoms with Crippen molar-refractivity contribution in [2.24, 2.45) is 0 Å². The molecular formula is C11H18O. The third-order valence-corrected chi connectivity index (χ3v) is 2.35. The first kappa shape index (κ1) is 9.57. The monoisotopic (exact) mass is 166 g/mol. The number of aliphatic hydroxyl groups is 1. The fraction of sp³-hybridized carbons (Fsp3) is 0.727. The molecule has 0 atom stereocenters. The molecule has 0 heterocycles. The van der Waals surface area contributed by atoms with Gasteiger partial charge in [-0.1, -0.05) is 19.3 Å². The summed E-state index contributed by atoms with van der Waals surface area (Å²) < 4.78 is 0. The molecule has 0 aliphatic heterocycles. The number of hydrogen-bond acceptors (Lipinski definition) is 1. The van der Waals surface area contributed by atoms with Crippen LogP contribution in [0, 0.1) is 0 Å². The Balaban J connectivity index is 2.44. The highest BCUT2D eigenvalue weighted by molar-refractivity contribution is 5.02. The zero-order valence-electron chi connectivity index (χ0n) is 7.68. The van der Waals surface area contributed by atoms with Crippen molar-refractivity contribution in [3.63, 3.8) is 0 Å². The van der Waals surface area contributed by atoms with Gasteiger partial charge in [0.25, 0.3) is 0 Å². The molecule has 0 saturated heterocycles. The maximum Gasteiger partial charge on any atom is 0.0686 e. The van der Waals surface area contributed by atoms with Gasteiger partial charge in [-0.25, -0.2) is 0 Å². The highest BCUT2D eigenvalue weighted by atomic mass is 16.2. The first-order valence-corrected chi connectivity index (χ1v) is 4.97. The normalized spacial score (nSPS) is 19.2. The number of rotatable bonds is 1. The predicted octanol–water partition coefficient (Wildman–Crippen LogP) is 2.80. The predicted molar refractivity (Wildman–Crippen MR) is 51.0 cm³/mol. The Labute approximate surface area is 74.8 Å². The minimum atomic E-state index is 0.128. The van der Waals surface area contributed by atoms with Gasteiger partial charge in [0.1, 0.15) is 0 Å². The van der Waals surface area contributed by atoms with Crippen LogP contribution in [0.2, 0.25) is 0 Å². The summed E-state index contributed by atoms with van der Waals surface area (Å²) in [7, 11) is 0. The van der Waals surface area contributed by atoms with Gasteiger partial charge in [-0.05, 0) is 37.3 Å². The molecule has 0 radical (unpaired) electrons. The fourth-order valence-corrected chi connectivity index (χ4v) is 1.67. The molecule has 0 spiro atoms. The van der Waals surface area contributed by atoms with Crippen LogP contribution >= 0.6 is 0 Å². The summed E-state index contributed by atoms with van der Waals surface area (Å²) in [5.41, 5.74) is 4.59. The topological polar surface area (TPSA) is 20.2 Å². The average Bonchev–Trinajstić information content (AvgIpc) is 2.02. The maximum atomic E-state index is 8.59. The van der Waals surface area contributed by atoms with Crippen molar-refractivity contribution in [2.45, 2.75) is 44.9 Å². The Kier molecular flexibility index (Phi) is 4.82. The van der Waals surface area contributed by atoms with Crippen LogP contribution < -0.4 is 0 Å². The van der Waals surface area contributed by atoms with E-state index in [-0.39, 0.29) is 6.61 Å². The van der Waals surface area contributed by atoms with Gasteiger partial charge in [-0.3, -0.25) is 0 Å². The zero-order valence-corrected chi connectivity index (χ0v) is 7.68. The molecule has 12 heavy (non-hydrogen) atoms. The third kappa shape index (κ3) is 3.75. The Morgan fingerprint density at radius 3 is 2.25 bits per heavy atom. The van der Waals surface area contributed by atoms with Crippen molar-refractivity contribution in [3.8, 4) is 0 Å². The van der Waals surface area contributed by atoms with Gasteiger partial charge in [0, 0.05) is 0 Å². The van der Waals surface area contributed by atoms with Gasteiger partial charge in [0.05, 0.1) is 6.61 Å². The van der Waals surface area contributed by atoms with Crippen molar-refractivity contribution in [1.82, 2.24) is 0 Å². The second-order valence-electron chi connectivity index (χ2n) is 3.40. The van der Waals surface area contributed by atoms with Crippen molar-refractivity contribution in [1.29, 1.82) is 0 Å². The van der Waals surface area contributed by atoms with Crippen molar-refractivity contribution >= 4 is 0 Å². The lowest BCUT2D eigenvalue weighted by Crippen LogP contribution is -1.90. The quantitative estimate of drug-likeness (QED) is 0.594. The first-order valence-electron chi connectivity index (χ1n) is 4.97. The van der Waals surface area contributed by atoms with Crippen molar-refractivity contribution < 1.29 is 5.11 Å². The molecule has 0 amide bonds. The summed E-state index contributed by atoms with van der Waals surface area (Å²) in [6.07, 6.45) is 10.9. The van der Waals surface area contributed by atoms with Crippen LogP contribution in [0.1, 0.15) is 44.9 Å². The van der Waals surface area contributed by atoms with E-state index < -0.39 is 0 Å². The van der Waals surface area contributed by atoms with Gasteiger partial charge in [-0.2, -0.15) is 0 Å². The van der Waals surface area contributed by atoms with Crippen LogP contribution in [0.25, 0.3) is 0 Å². The molecule has 0 aromatic heterocycles. The molecule has 1 N–H and O–H groups in total. The van der Waals surface area contributed by atoms with Gasteiger partial charge in [0.2, 0.25) is 0 Å². The molecular weight excluding hydrogens is 148 g/mol. The fourth-order valence-electron chi connectivity index (χ4n) is 1.67. The molecule has 0 aromatic rings. The summed E-state index contributed by atoms with van der Waals surface area (Å²) in [5.74, 6) is 0. The lowest BCUT2D eigenvalue weighted by molar-refractivity contribution is 0.343. The van der Waals surface area contributed by atoms with Gasteiger partial charge in [0.15, 0.2) is 0 Å². The third-order valence-electron chi connectivity index (χ3n) is 2.35. The summed E-state index contributed by atoms with van der Waals surface area (Å²) in [6, 6.07) is 0. The summed E-state index contributed by atoms with van der Waals surface area (Å²) in [6.45, 7) is 0.128. The maximum absolute atomic E-state index is 8.59. The Morgan fingerprint density at radius 1 is 1.08 bits per heavy atom. The van der Waals surface area contributed by atoms with Crippen LogP contribution in [-0.4, -0.2) is 11.7 Å². The largest absolute Gasteiger partial charge is 0.392 e. The highest BCUT2D eigenvalue weighted by Crippen LogP contribution is 2.20. The summed E-state index contributed by atoms with van der Waals surface area (Å²) in [4.78, 5) is 0. The van der Waals surface area contributed by atoms with Gasteiger partial charge >= 0.3 is 0 Å². The lowest BCUT2D eigenvalue weighted by Gasteiger charge is -2.09. The Hall–Kier alpha value is -0.520. The van der Waals surface area contributed by atoms with Gasteiger partial charge < -0.3 is 5.11 Å². The molecule has 0 bridgehead atoms. The minimum Gasteiger partial charge on any atom is -0.392 e. The second-order valence-corrected chi connectivity index (χ2v) is 3.40. The molecule has 1 heteroatoms. The van der Waals surface area contributed by atoms with Crippen LogP contribution in [0.3, 0.4) is 0 Å². The highest BCUT2D eigenvalue weighted by Gasteiger charge is 2.01. The average molecular weight is 166 g/mol. The molecule has 0 aromatic carbocycles. The molecule has 68 valence electrons. The van der Waals surface area contributed by atoms with E-state index in [1.807, 2.05) is 0 Å². The minimum absolute atomic E-state index is 0.128. The molecule has 1 saturated carbocycles. The first-order chi connectivity index (χ1) is 5.93. The lowest BCUT2D eigenvalue weighted by atomic mass is 9.97. The SMILES string of the molecule is OCC=C=C1CCCCCCC1. The van der Waals surface area contributed by atoms with Crippen molar-refractivity contribution in [2.75, 3.05) is 6.61 Å². The smallest absolute Gasteiger partial charge is 0.0686 e. The molecule has 1 aliphatic rings. The molecule has 0 unspecified atom stereocenters.